The number of nitrogens with two attached hydrogens (primary N) is 1. The number of benzene rings is 2. The number of hydrogen-bond acceptors (Lipinski definition) is 6. The molecule has 3 N–H and O–H groups in total. The van der Waals surface area contributed by atoms with Gasteiger partial charge < -0.3 is 15.5 Å². The average Bonchev–Trinajstić information content (AvgIpc) is 3.02. The molecule has 0 unspecified atom stereocenters. The highest BCUT2D eigenvalue weighted by molar-refractivity contribution is 5.87. The van der Waals surface area contributed by atoms with E-state index in [2.05, 4.69) is 27.2 Å². The van der Waals surface area contributed by atoms with E-state index in [0.717, 1.165) is 28.6 Å². The van der Waals surface area contributed by atoms with Gasteiger partial charge in [0.05, 0.1) is 0 Å². The first-order valence-corrected chi connectivity index (χ1v) is 8.50. The molecule has 4 rings (SSSR count). The lowest BCUT2D eigenvalue weighted by Gasteiger charge is -2.07. The van der Waals surface area contributed by atoms with Gasteiger partial charge in [-0.1, -0.05) is 42.8 Å². The van der Waals surface area contributed by atoms with Gasteiger partial charge in [-0.2, -0.15) is 15.0 Å². The van der Waals surface area contributed by atoms with Crippen LogP contribution in [0, 0.1) is 6.92 Å². The molecule has 0 atom stereocenters. The quantitative estimate of drug-likeness (QED) is 0.567. The van der Waals surface area contributed by atoms with Crippen molar-refractivity contribution in [1.29, 1.82) is 0 Å². The molecule has 26 heavy (non-hydrogen) atoms. The predicted molar refractivity (Wildman–Crippen MR) is 103 cm³/mol. The van der Waals surface area contributed by atoms with Gasteiger partial charge in [-0.05, 0) is 31.5 Å². The van der Waals surface area contributed by atoms with Gasteiger partial charge in [0.15, 0.2) is 5.76 Å². The average molecular weight is 345 g/mol. The molecule has 0 fully saturated rings. The molecule has 6 heteroatoms. The first-order valence-electron chi connectivity index (χ1n) is 8.50. The summed E-state index contributed by atoms with van der Waals surface area (Å²) in [6.07, 6.45) is 0.804. The van der Waals surface area contributed by atoms with Crippen molar-refractivity contribution < 1.29 is 4.42 Å². The van der Waals surface area contributed by atoms with Gasteiger partial charge in [0.25, 0.3) is 0 Å². The maximum atomic E-state index is 6.02. The Morgan fingerprint density at radius 3 is 2.54 bits per heavy atom. The van der Waals surface area contributed by atoms with E-state index in [1.54, 1.807) is 0 Å². The smallest absolute Gasteiger partial charge is 0.232 e. The van der Waals surface area contributed by atoms with Crippen LogP contribution in [-0.4, -0.2) is 15.0 Å². The Bertz CT molecular complexity index is 1070. The monoisotopic (exact) mass is 345 g/mol. The molecular weight excluding hydrogens is 326 g/mol. The molecule has 2 aromatic heterocycles. The molecular formula is C20H19N5O. The maximum Gasteiger partial charge on any atom is 0.232 e. The van der Waals surface area contributed by atoms with E-state index >= 15 is 0 Å². The number of nitrogens with zero attached hydrogens (tertiary/aromatic N) is 3. The van der Waals surface area contributed by atoms with Gasteiger partial charge in [-0.3, -0.25) is 0 Å². The van der Waals surface area contributed by atoms with Gasteiger partial charge in [0.1, 0.15) is 5.58 Å². The minimum atomic E-state index is 0.145. The molecule has 0 amide bonds. The molecule has 0 aliphatic heterocycles. The Kier molecular flexibility index (Phi) is 4.01. The van der Waals surface area contributed by atoms with Gasteiger partial charge >= 0.3 is 0 Å². The molecule has 0 saturated carbocycles. The fraction of sp³-hybridized carbons (Fsp3) is 0.150. The van der Waals surface area contributed by atoms with Crippen LogP contribution in [0.1, 0.15) is 18.1 Å². The topological polar surface area (TPSA) is 89.9 Å². The maximum absolute atomic E-state index is 6.02. The minimum absolute atomic E-state index is 0.145. The highest BCUT2D eigenvalue weighted by Gasteiger charge is 2.18. The van der Waals surface area contributed by atoms with Crippen LogP contribution in [0.5, 0.6) is 0 Å². The summed E-state index contributed by atoms with van der Waals surface area (Å²) >= 11 is 0. The van der Waals surface area contributed by atoms with Crippen LogP contribution in [0.15, 0.2) is 52.9 Å². The number of fused-ring (bicyclic) bond motifs is 1. The number of rotatable bonds is 4. The van der Waals surface area contributed by atoms with Crippen LogP contribution in [0.25, 0.3) is 22.6 Å². The second kappa shape index (κ2) is 6.48. The van der Waals surface area contributed by atoms with Crippen LogP contribution in [0.3, 0.4) is 0 Å². The first kappa shape index (κ1) is 16.1. The summed E-state index contributed by atoms with van der Waals surface area (Å²) in [7, 11) is 0. The van der Waals surface area contributed by atoms with Crippen molar-refractivity contribution in [2.24, 2.45) is 0 Å². The standard InChI is InChI=1S/C20H19N5O/c1-3-14-15-6-4-5-7-16(15)26-17(14)18-23-19(21)25-20(24-18)22-13-10-8-12(2)9-11-13/h4-11H,3H2,1-2H3,(H3,21,22,23,24,25). The molecule has 0 spiro atoms. The summed E-state index contributed by atoms with van der Waals surface area (Å²) in [4.78, 5) is 13.0. The number of nitrogen functional groups attached to an aromatic ring is 1. The van der Waals surface area contributed by atoms with Crippen molar-refractivity contribution in [3.63, 3.8) is 0 Å². The molecule has 0 radical (unpaired) electrons. The third-order valence-electron chi connectivity index (χ3n) is 4.22. The predicted octanol–water partition coefficient (Wildman–Crippen LogP) is 4.48. The van der Waals surface area contributed by atoms with E-state index < -0.39 is 0 Å². The summed E-state index contributed by atoms with van der Waals surface area (Å²) in [6.45, 7) is 4.12. The van der Waals surface area contributed by atoms with Crippen molar-refractivity contribution in [1.82, 2.24) is 15.0 Å². The summed E-state index contributed by atoms with van der Waals surface area (Å²) in [6, 6.07) is 15.9. The van der Waals surface area contributed by atoms with Gasteiger partial charge in [-0.15, -0.1) is 0 Å². The lowest BCUT2D eigenvalue weighted by Crippen LogP contribution is -2.05. The second-order valence-corrected chi connectivity index (χ2v) is 6.09. The number of aryl methyl sites for hydroxylation is 2. The van der Waals surface area contributed by atoms with Crippen molar-refractivity contribution in [2.75, 3.05) is 11.1 Å². The Balaban J connectivity index is 1.78. The number of anilines is 3. The first-order chi connectivity index (χ1) is 12.6. The SMILES string of the molecule is CCc1c(-c2nc(N)nc(Nc3ccc(C)cc3)n2)oc2ccccc12. The van der Waals surface area contributed by atoms with E-state index in [1.807, 2.05) is 55.5 Å². The molecule has 0 aliphatic carbocycles. The zero-order valence-electron chi connectivity index (χ0n) is 14.7. The van der Waals surface area contributed by atoms with E-state index in [0.29, 0.717) is 17.5 Å². The molecule has 4 aromatic rings. The van der Waals surface area contributed by atoms with Crippen LogP contribution >= 0.6 is 0 Å². The van der Waals surface area contributed by atoms with Crippen LogP contribution in [0.2, 0.25) is 0 Å². The highest BCUT2D eigenvalue weighted by atomic mass is 16.3. The molecule has 0 aliphatic rings. The van der Waals surface area contributed by atoms with Gasteiger partial charge in [0.2, 0.25) is 17.7 Å². The summed E-state index contributed by atoms with van der Waals surface area (Å²) in [5.74, 6) is 1.60. The third-order valence-corrected chi connectivity index (χ3v) is 4.22. The number of nitrogens with one attached hydrogen (secondary N) is 1. The number of para-hydroxylation sites is 1. The van der Waals surface area contributed by atoms with Crippen molar-refractivity contribution in [3.05, 3.63) is 59.7 Å². The zero-order valence-corrected chi connectivity index (χ0v) is 14.7. The van der Waals surface area contributed by atoms with Crippen molar-refractivity contribution >= 4 is 28.6 Å². The molecule has 2 heterocycles. The Hall–Kier alpha value is -3.41. The molecule has 0 bridgehead atoms. The Morgan fingerprint density at radius 1 is 1.00 bits per heavy atom. The van der Waals surface area contributed by atoms with Crippen LogP contribution < -0.4 is 11.1 Å². The lowest BCUT2D eigenvalue weighted by atomic mass is 10.1. The summed E-state index contributed by atoms with van der Waals surface area (Å²) < 4.78 is 6.02. The minimum Gasteiger partial charge on any atom is -0.452 e. The number of hydrogen-bond donors (Lipinski definition) is 2. The highest BCUT2D eigenvalue weighted by Crippen LogP contribution is 2.32. The van der Waals surface area contributed by atoms with Crippen LogP contribution in [0.4, 0.5) is 17.6 Å². The normalized spacial score (nSPS) is 11.0. The zero-order chi connectivity index (χ0) is 18.1. The van der Waals surface area contributed by atoms with E-state index in [-0.39, 0.29) is 5.95 Å². The summed E-state index contributed by atoms with van der Waals surface area (Å²) in [5, 5.41) is 4.24. The molecule has 6 nitrogen and oxygen atoms in total. The fourth-order valence-corrected chi connectivity index (χ4v) is 2.95. The molecule has 0 saturated heterocycles. The van der Waals surface area contributed by atoms with Gasteiger partial charge in [-0.25, -0.2) is 0 Å². The number of furan rings is 1. The number of aromatic nitrogens is 3. The van der Waals surface area contributed by atoms with Crippen molar-refractivity contribution in [3.8, 4) is 11.6 Å². The largest absolute Gasteiger partial charge is 0.452 e. The van der Waals surface area contributed by atoms with Gasteiger partial charge in [0, 0.05) is 16.6 Å². The Morgan fingerprint density at radius 2 is 1.77 bits per heavy atom. The summed E-state index contributed by atoms with van der Waals surface area (Å²) in [5.41, 5.74) is 9.85. The Labute approximate surface area is 151 Å². The lowest BCUT2D eigenvalue weighted by molar-refractivity contribution is 0.620. The van der Waals surface area contributed by atoms with E-state index in [9.17, 15) is 0 Å². The molecule has 2 aromatic carbocycles. The third kappa shape index (κ3) is 2.97. The van der Waals surface area contributed by atoms with Crippen LogP contribution in [-0.2, 0) is 6.42 Å². The fourth-order valence-electron chi connectivity index (χ4n) is 2.95. The van der Waals surface area contributed by atoms with Crippen molar-refractivity contribution in [2.45, 2.75) is 20.3 Å². The molecule has 130 valence electrons. The van der Waals surface area contributed by atoms with E-state index in [1.165, 1.54) is 5.56 Å². The van der Waals surface area contributed by atoms with E-state index in [4.69, 9.17) is 10.2 Å². The second-order valence-electron chi connectivity index (χ2n) is 6.09.